The van der Waals surface area contributed by atoms with Gasteiger partial charge in [-0.2, -0.15) is 5.10 Å². The molecule has 1 aromatic carbocycles. The summed E-state index contributed by atoms with van der Waals surface area (Å²) in [5, 5.41) is 3.95. The van der Waals surface area contributed by atoms with Crippen LogP contribution in [-0.4, -0.2) is 23.2 Å². The van der Waals surface area contributed by atoms with E-state index >= 15 is 0 Å². The average Bonchev–Trinajstić information content (AvgIpc) is 2.74. The second kappa shape index (κ2) is 4.98. The monoisotopic (exact) mass is 296 g/mol. The Balaban J connectivity index is 2.26. The van der Waals surface area contributed by atoms with Crippen LogP contribution in [-0.2, 0) is 17.1 Å². The molecule has 1 heterocycles. The number of hydrogen-bond donors (Lipinski definition) is 2. The molecule has 0 aliphatic heterocycles. The molecule has 0 fully saturated rings. The lowest BCUT2D eigenvalue weighted by Gasteiger charge is -2.06. The Morgan fingerprint density at radius 3 is 2.42 bits per heavy atom. The normalized spacial score (nSPS) is 11.2. The smallest absolute Gasteiger partial charge is 0.263 e. The van der Waals surface area contributed by atoms with Crippen molar-refractivity contribution in [2.75, 3.05) is 4.72 Å². The van der Waals surface area contributed by atoms with Crippen LogP contribution in [0.2, 0.25) is 0 Å². The Bertz CT molecular complexity index is 705. The maximum absolute atomic E-state index is 12.1. The van der Waals surface area contributed by atoms with E-state index in [-0.39, 0.29) is 15.7 Å². The first-order valence-corrected chi connectivity index (χ1v) is 7.20. The Morgan fingerprint density at radius 1 is 1.32 bits per heavy atom. The minimum absolute atomic E-state index is 0.123. The van der Waals surface area contributed by atoms with E-state index in [2.05, 4.69) is 9.82 Å². The van der Waals surface area contributed by atoms with Gasteiger partial charge in [-0.3, -0.25) is 9.40 Å². The molecule has 0 aliphatic carbocycles. The minimum atomic E-state index is -3.65. The first kappa shape index (κ1) is 13.5. The number of aromatic nitrogens is 2. The van der Waals surface area contributed by atoms with E-state index in [0.29, 0.717) is 5.56 Å². The second-order valence-corrected chi connectivity index (χ2v) is 5.99. The molecular formula is C11H12N4O2S2. The van der Waals surface area contributed by atoms with Gasteiger partial charge in [0.15, 0.2) is 5.82 Å². The van der Waals surface area contributed by atoms with Gasteiger partial charge in [-0.05, 0) is 12.1 Å². The number of sulfonamides is 1. The summed E-state index contributed by atoms with van der Waals surface area (Å²) in [6.07, 6.45) is 1.65. The van der Waals surface area contributed by atoms with Crippen LogP contribution in [0.5, 0.6) is 0 Å². The zero-order chi connectivity index (χ0) is 14.0. The van der Waals surface area contributed by atoms with Gasteiger partial charge >= 0.3 is 0 Å². The van der Waals surface area contributed by atoms with E-state index in [9.17, 15) is 8.42 Å². The molecule has 100 valence electrons. The number of anilines is 1. The molecule has 0 saturated carbocycles. The van der Waals surface area contributed by atoms with Crippen LogP contribution in [0.25, 0.3) is 0 Å². The summed E-state index contributed by atoms with van der Waals surface area (Å²) in [5.41, 5.74) is 6.07. The molecule has 2 aromatic rings. The Hall–Kier alpha value is -1.93. The summed E-state index contributed by atoms with van der Waals surface area (Å²) in [5.74, 6) is 0.265. The van der Waals surface area contributed by atoms with Gasteiger partial charge in [-0.25, -0.2) is 8.42 Å². The van der Waals surface area contributed by atoms with Crippen molar-refractivity contribution in [3.8, 4) is 0 Å². The quantitative estimate of drug-likeness (QED) is 0.817. The fourth-order valence-electron chi connectivity index (χ4n) is 1.46. The molecular weight excluding hydrogens is 284 g/mol. The van der Waals surface area contributed by atoms with E-state index in [4.69, 9.17) is 18.0 Å². The second-order valence-electron chi connectivity index (χ2n) is 3.87. The molecule has 6 nitrogen and oxygen atoms in total. The molecule has 8 heteroatoms. The molecule has 0 aliphatic rings. The van der Waals surface area contributed by atoms with Crippen LogP contribution >= 0.6 is 12.2 Å². The van der Waals surface area contributed by atoms with Gasteiger partial charge < -0.3 is 5.73 Å². The minimum Gasteiger partial charge on any atom is -0.389 e. The number of hydrogen-bond acceptors (Lipinski definition) is 4. The molecule has 0 unspecified atom stereocenters. The Labute approximate surface area is 116 Å². The summed E-state index contributed by atoms with van der Waals surface area (Å²) in [6, 6.07) is 7.59. The van der Waals surface area contributed by atoms with Crippen molar-refractivity contribution >= 4 is 33.0 Å². The third kappa shape index (κ3) is 3.09. The van der Waals surface area contributed by atoms with Gasteiger partial charge in [-0.1, -0.05) is 24.4 Å². The molecule has 0 saturated heterocycles. The van der Waals surface area contributed by atoms with Crippen LogP contribution in [0.4, 0.5) is 5.82 Å². The van der Waals surface area contributed by atoms with E-state index < -0.39 is 10.0 Å². The highest BCUT2D eigenvalue weighted by atomic mass is 32.2. The van der Waals surface area contributed by atoms with E-state index in [1.54, 1.807) is 31.4 Å². The molecule has 0 atom stereocenters. The van der Waals surface area contributed by atoms with Crippen molar-refractivity contribution in [3.63, 3.8) is 0 Å². The van der Waals surface area contributed by atoms with Crippen molar-refractivity contribution in [3.05, 3.63) is 42.1 Å². The molecule has 0 amide bonds. The number of nitrogens with zero attached hydrogens (tertiary/aromatic N) is 2. The molecule has 3 N–H and O–H groups in total. The van der Waals surface area contributed by atoms with E-state index in [0.717, 1.165) is 0 Å². The Kier molecular flexibility index (Phi) is 3.54. The summed E-state index contributed by atoms with van der Waals surface area (Å²) in [6.45, 7) is 0. The van der Waals surface area contributed by atoms with Crippen molar-refractivity contribution in [2.45, 2.75) is 4.90 Å². The Morgan fingerprint density at radius 2 is 1.95 bits per heavy atom. The van der Waals surface area contributed by atoms with Crippen LogP contribution < -0.4 is 10.5 Å². The van der Waals surface area contributed by atoms with E-state index in [1.807, 2.05) is 0 Å². The summed E-state index contributed by atoms with van der Waals surface area (Å²) < 4.78 is 28.0. The molecule has 0 radical (unpaired) electrons. The fourth-order valence-corrected chi connectivity index (χ4v) is 2.60. The summed E-state index contributed by atoms with van der Waals surface area (Å²) in [7, 11) is -1.95. The number of aryl methyl sites for hydroxylation is 1. The standard InChI is InChI=1S/C11H12N4O2S2/c1-15-7-6-10(13-15)14-19(16,17)9-4-2-8(3-5-9)11(12)18/h2-7H,1H3,(H2,12,18)(H,13,14). The largest absolute Gasteiger partial charge is 0.389 e. The molecule has 0 bridgehead atoms. The van der Waals surface area contributed by atoms with Gasteiger partial charge in [0, 0.05) is 24.9 Å². The van der Waals surface area contributed by atoms with Crippen molar-refractivity contribution < 1.29 is 8.42 Å². The number of rotatable bonds is 4. The van der Waals surface area contributed by atoms with Gasteiger partial charge in [0.1, 0.15) is 4.99 Å². The van der Waals surface area contributed by atoms with Crippen LogP contribution in [0.1, 0.15) is 5.56 Å². The average molecular weight is 296 g/mol. The number of nitrogens with one attached hydrogen (secondary N) is 1. The highest BCUT2D eigenvalue weighted by Crippen LogP contribution is 2.15. The van der Waals surface area contributed by atoms with Crippen molar-refractivity contribution in [1.29, 1.82) is 0 Å². The number of nitrogens with two attached hydrogens (primary N) is 1. The summed E-state index contributed by atoms with van der Waals surface area (Å²) in [4.78, 5) is 0.347. The lowest BCUT2D eigenvalue weighted by Crippen LogP contribution is -2.14. The van der Waals surface area contributed by atoms with Crippen LogP contribution in [0.3, 0.4) is 0 Å². The predicted octanol–water partition coefficient (Wildman–Crippen LogP) is 0.855. The third-order valence-corrected chi connectivity index (χ3v) is 4.01. The highest BCUT2D eigenvalue weighted by Gasteiger charge is 2.15. The van der Waals surface area contributed by atoms with Gasteiger partial charge in [0.2, 0.25) is 0 Å². The first-order valence-electron chi connectivity index (χ1n) is 5.31. The highest BCUT2D eigenvalue weighted by molar-refractivity contribution is 7.92. The van der Waals surface area contributed by atoms with Crippen LogP contribution in [0, 0.1) is 0 Å². The molecule has 19 heavy (non-hydrogen) atoms. The third-order valence-electron chi connectivity index (χ3n) is 2.40. The molecule has 0 spiro atoms. The maximum atomic E-state index is 12.1. The van der Waals surface area contributed by atoms with Gasteiger partial charge in [0.25, 0.3) is 10.0 Å². The zero-order valence-electron chi connectivity index (χ0n) is 10.1. The lowest BCUT2D eigenvalue weighted by atomic mass is 10.2. The number of benzene rings is 1. The van der Waals surface area contributed by atoms with Crippen LogP contribution in [0.15, 0.2) is 41.4 Å². The predicted molar refractivity (Wildman–Crippen MR) is 76.3 cm³/mol. The number of thiocarbonyl (C=S) groups is 1. The van der Waals surface area contributed by atoms with Crippen molar-refractivity contribution in [1.82, 2.24) is 9.78 Å². The lowest BCUT2D eigenvalue weighted by molar-refractivity contribution is 0.601. The van der Waals surface area contributed by atoms with Gasteiger partial charge in [-0.15, -0.1) is 0 Å². The topological polar surface area (TPSA) is 90.0 Å². The molecule has 2 rings (SSSR count). The fraction of sp³-hybridized carbons (Fsp3) is 0.0909. The maximum Gasteiger partial charge on any atom is 0.263 e. The van der Waals surface area contributed by atoms with Gasteiger partial charge in [0.05, 0.1) is 4.90 Å². The molecule has 1 aromatic heterocycles. The van der Waals surface area contributed by atoms with E-state index in [1.165, 1.54) is 16.8 Å². The SMILES string of the molecule is Cn1ccc(NS(=O)(=O)c2ccc(C(N)=S)cc2)n1. The van der Waals surface area contributed by atoms with Crippen molar-refractivity contribution in [2.24, 2.45) is 12.8 Å². The zero-order valence-corrected chi connectivity index (χ0v) is 11.7. The summed E-state index contributed by atoms with van der Waals surface area (Å²) >= 11 is 4.81. The first-order chi connectivity index (χ1) is 8.88.